The Morgan fingerprint density at radius 3 is 2.53 bits per heavy atom. The van der Waals surface area contributed by atoms with E-state index in [0.29, 0.717) is 39.8 Å². The molecule has 3 aromatic carbocycles. The van der Waals surface area contributed by atoms with Gasteiger partial charge in [-0.15, -0.1) is 0 Å². The molecule has 0 bridgehead atoms. The number of anilines is 1. The van der Waals surface area contributed by atoms with Gasteiger partial charge < -0.3 is 9.47 Å². The lowest BCUT2D eigenvalue weighted by Crippen LogP contribution is -2.54. The summed E-state index contributed by atoms with van der Waals surface area (Å²) in [6.07, 6.45) is 1.35. The number of carbonyl (C=O) groups is 3. The number of carbonyl (C=O) groups excluding carboxylic acids is 3. The van der Waals surface area contributed by atoms with Gasteiger partial charge in [-0.05, 0) is 60.9 Å². The van der Waals surface area contributed by atoms with Gasteiger partial charge in [-0.25, -0.2) is 9.69 Å². The number of amides is 4. The maximum atomic E-state index is 13.3. The molecular formula is C27H22ClN3O7. The molecule has 0 spiro atoms. The number of hydrogen-bond donors (Lipinski definition) is 1. The van der Waals surface area contributed by atoms with Crippen LogP contribution < -0.4 is 19.7 Å². The molecule has 1 heterocycles. The zero-order valence-corrected chi connectivity index (χ0v) is 21.2. The summed E-state index contributed by atoms with van der Waals surface area (Å²) >= 11 is 6.16. The smallest absolute Gasteiger partial charge is 0.335 e. The van der Waals surface area contributed by atoms with Gasteiger partial charge in [0, 0.05) is 17.2 Å². The molecule has 0 radical (unpaired) electrons. The fourth-order valence-electron chi connectivity index (χ4n) is 3.80. The van der Waals surface area contributed by atoms with E-state index in [0.717, 1.165) is 4.90 Å². The molecule has 0 aliphatic carbocycles. The second kappa shape index (κ2) is 11.1. The number of halogens is 1. The number of imide groups is 2. The lowest BCUT2D eigenvalue weighted by molar-refractivity contribution is -0.384. The van der Waals surface area contributed by atoms with Crippen LogP contribution in [0.1, 0.15) is 23.6 Å². The van der Waals surface area contributed by atoms with Crippen molar-refractivity contribution in [3.63, 3.8) is 0 Å². The Labute approximate surface area is 222 Å². The van der Waals surface area contributed by atoms with Crippen LogP contribution in [0, 0.1) is 17.0 Å². The van der Waals surface area contributed by atoms with Crippen LogP contribution in [0.2, 0.25) is 5.02 Å². The van der Waals surface area contributed by atoms with Gasteiger partial charge in [-0.1, -0.05) is 35.9 Å². The Balaban J connectivity index is 1.62. The van der Waals surface area contributed by atoms with E-state index >= 15 is 0 Å². The summed E-state index contributed by atoms with van der Waals surface area (Å²) in [5.41, 5.74) is 1.52. The summed E-state index contributed by atoms with van der Waals surface area (Å²) in [6.45, 7) is 3.81. The predicted molar refractivity (Wildman–Crippen MR) is 140 cm³/mol. The van der Waals surface area contributed by atoms with E-state index in [1.807, 2.05) is 0 Å². The number of urea groups is 1. The highest BCUT2D eigenvalue weighted by Gasteiger charge is 2.37. The minimum atomic E-state index is -0.873. The van der Waals surface area contributed by atoms with Gasteiger partial charge >= 0.3 is 6.03 Å². The highest BCUT2D eigenvalue weighted by molar-refractivity contribution is 6.39. The van der Waals surface area contributed by atoms with Crippen LogP contribution in [0.25, 0.3) is 6.08 Å². The molecule has 1 aliphatic heterocycles. The lowest BCUT2D eigenvalue weighted by Gasteiger charge is -2.27. The first kappa shape index (κ1) is 26.4. The first-order valence-electron chi connectivity index (χ1n) is 11.5. The van der Waals surface area contributed by atoms with Crippen molar-refractivity contribution in [3.8, 4) is 11.5 Å². The van der Waals surface area contributed by atoms with Crippen molar-refractivity contribution in [2.24, 2.45) is 0 Å². The van der Waals surface area contributed by atoms with Crippen LogP contribution in [-0.4, -0.2) is 29.4 Å². The zero-order chi connectivity index (χ0) is 27.4. The summed E-state index contributed by atoms with van der Waals surface area (Å²) < 4.78 is 11.5. The third-order valence-corrected chi connectivity index (χ3v) is 6.09. The molecule has 1 aliphatic rings. The van der Waals surface area contributed by atoms with Crippen molar-refractivity contribution < 1.29 is 28.8 Å². The van der Waals surface area contributed by atoms with Gasteiger partial charge in [-0.2, -0.15) is 0 Å². The van der Waals surface area contributed by atoms with Crippen LogP contribution in [-0.2, 0) is 16.2 Å². The van der Waals surface area contributed by atoms with Crippen molar-refractivity contribution >= 4 is 46.9 Å². The first-order valence-corrected chi connectivity index (χ1v) is 11.9. The second-order valence-corrected chi connectivity index (χ2v) is 8.60. The monoisotopic (exact) mass is 535 g/mol. The molecule has 38 heavy (non-hydrogen) atoms. The molecule has 4 amide bonds. The lowest BCUT2D eigenvalue weighted by atomic mass is 10.1. The number of ether oxygens (including phenoxy) is 2. The molecule has 0 atom stereocenters. The molecular weight excluding hydrogens is 514 g/mol. The Bertz CT molecular complexity index is 1490. The number of nitro benzene ring substituents is 1. The van der Waals surface area contributed by atoms with E-state index in [9.17, 15) is 24.5 Å². The van der Waals surface area contributed by atoms with E-state index < -0.39 is 22.8 Å². The fourth-order valence-corrected chi connectivity index (χ4v) is 3.97. The Morgan fingerprint density at radius 2 is 1.79 bits per heavy atom. The second-order valence-electron chi connectivity index (χ2n) is 8.20. The van der Waals surface area contributed by atoms with Crippen molar-refractivity contribution in [1.29, 1.82) is 0 Å². The van der Waals surface area contributed by atoms with E-state index in [1.165, 1.54) is 18.2 Å². The van der Waals surface area contributed by atoms with E-state index in [-0.39, 0.29) is 23.6 Å². The molecule has 10 nitrogen and oxygen atoms in total. The van der Waals surface area contributed by atoms with Gasteiger partial charge in [0.05, 0.1) is 17.2 Å². The average Bonchev–Trinajstić information content (AvgIpc) is 2.88. The molecule has 0 saturated carbocycles. The SMILES string of the molecule is CCOc1cc(/C=C2\C(=O)NC(=O)N(c3cccc(Cl)c3C)C2=O)ccc1OCc1cccc([N+](=O)[O-])c1. The van der Waals surface area contributed by atoms with Crippen LogP contribution in [0.4, 0.5) is 16.2 Å². The Kier molecular flexibility index (Phi) is 7.73. The first-order chi connectivity index (χ1) is 18.2. The third-order valence-electron chi connectivity index (χ3n) is 5.68. The molecule has 1 saturated heterocycles. The number of non-ortho nitro benzene ring substituents is 1. The zero-order valence-electron chi connectivity index (χ0n) is 20.4. The van der Waals surface area contributed by atoms with Gasteiger partial charge in [0.1, 0.15) is 12.2 Å². The number of benzene rings is 3. The van der Waals surface area contributed by atoms with Crippen LogP contribution >= 0.6 is 11.6 Å². The maximum absolute atomic E-state index is 13.3. The average molecular weight is 536 g/mol. The summed E-state index contributed by atoms with van der Waals surface area (Å²) in [6, 6.07) is 14.8. The topological polar surface area (TPSA) is 128 Å². The largest absolute Gasteiger partial charge is 0.490 e. The van der Waals surface area contributed by atoms with Gasteiger partial charge in [0.2, 0.25) is 0 Å². The number of hydrogen-bond acceptors (Lipinski definition) is 7. The van der Waals surface area contributed by atoms with Crippen LogP contribution in [0.15, 0.2) is 66.2 Å². The molecule has 3 aromatic rings. The van der Waals surface area contributed by atoms with E-state index in [4.69, 9.17) is 21.1 Å². The van der Waals surface area contributed by atoms with Crippen molar-refractivity contribution in [1.82, 2.24) is 5.32 Å². The van der Waals surface area contributed by atoms with Crippen molar-refractivity contribution in [2.45, 2.75) is 20.5 Å². The van der Waals surface area contributed by atoms with Crippen LogP contribution in [0.3, 0.4) is 0 Å². The van der Waals surface area contributed by atoms with Crippen molar-refractivity contribution in [3.05, 3.63) is 98.1 Å². The number of nitrogens with zero attached hydrogens (tertiary/aromatic N) is 2. The molecule has 1 fully saturated rings. The normalized spacial score (nSPS) is 14.4. The number of barbiturate groups is 1. The summed E-state index contributed by atoms with van der Waals surface area (Å²) in [5, 5.41) is 13.6. The fraction of sp³-hybridized carbons (Fsp3) is 0.148. The van der Waals surface area contributed by atoms with Crippen LogP contribution in [0.5, 0.6) is 11.5 Å². The Hall–Kier alpha value is -4.70. The minimum Gasteiger partial charge on any atom is -0.490 e. The highest BCUT2D eigenvalue weighted by atomic mass is 35.5. The van der Waals surface area contributed by atoms with Crippen molar-refractivity contribution in [2.75, 3.05) is 11.5 Å². The molecule has 4 rings (SSSR count). The third kappa shape index (κ3) is 5.50. The summed E-state index contributed by atoms with van der Waals surface area (Å²) in [5.74, 6) is -0.922. The minimum absolute atomic E-state index is 0.0472. The standard InChI is InChI=1S/C27H22ClN3O7/c1-3-37-24-14-17(10-11-23(24)38-15-18-6-4-7-19(12-18)31(35)36)13-20-25(32)29-27(34)30(26(20)33)22-9-5-8-21(28)16(22)2/h4-14H,3,15H2,1-2H3,(H,29,32,34)/b20-13+. The van der Waals surface area contributed by atoms with Gasteiger partial charge in [0.25, 0.3) is 17.5 Å². The summed E-state index contributed by atoms with van der Waals surface area (Å²) in [4.78, 5) is 49.8. The summed E-state index contributed by atoms with van der Waals surface area (Å²) in [7, 11) is 0. The maximum Gasteiger partial charge on any atom is 0.335 e. The molecule has 1 N–H and O–H groups in total. The number of nitro groups is 1. The molecule has 0 unspecified atom stereocenters. The number of nitrogens with one attached hydrogen (secondary N) is 1. The highest BCUT2D eigenvalue weighted by Crippen LogP contribution is 2.32. The molecule has 194 valence electrons. The van der Waals surface area contributed by atoms with Gasteiger partial charge in [0.15, 0.2) is 11.5 Å². The quantitative estimate of drug-likeness (QED) is 0.182. The molecule has 11 heteroatoms. The van der Waals surface area contributed by atoms with E-state index in [2.05, 4.69) is 5.32 Å². The Morgan fingerprint density at radius 1 is 1.03 bits per heavy atom. The number of rotatable bonds is 8. The van der Waals surface area contributed by atoms with E-state index in [1.54, 1.807) is 62.4 Å². The predicted octanol–water partition coefficient (Wildman–Crippen LogP) is 5.20. The molecule has 0 aromatic heterocycles. The van der Waals surface area contributed by atoms with Gasteiger partial charge in [-0.3, -0.25) is 25.0 Å².